The Bertz CT molecular complexity index is 1920. The lowest BCUT2D eigenvalue weighted by Gasteiger charge is -2.47. The number of aliphatic hydroxyl groups is 14. The van der Waals surface area contributed by atoms with Crippen LogP contribution in [0.4, 0.5) is 0 Å². The maximum absolute atomic E-state index is 13.8. The molecular formula is C62H121NO25P2. The van der Waals surface area contributed by atoms with Crippen molar-refractivity contribution in [3.8, 4) is 0 Å². The van der Waals surface area contributed by atoms with Crippen molar-refractivity contribution in [2.45, 2.75) is 374 Å². The summed E-state index contributed by atoms with van der Waals surface area (Å²) in [6.45, 7) is 2.27. The number of amides is 1. The minimum atomic E-state index is -5.58. The molecule has 1 heterocycles. The van der Waals surface area contributed by atoms with Crippen molar-refractivity contribution >= 4 is 21.6 Å². The number of carbonyl (C=O) groups is 1. The second-order valence-corrected chi connectivity index (χ2v) is 28.5. The summed E-state index contributed by atoms with van der Waals surface area (Å²) in [4.78, 5) is 35.0. The van der Waals surface area contributed by atoms with E-state index >= 15 is 0 Å². The van der Waals surface area contributed by atoms with Crippen LogP contribution in [0.2, 0.25) is 0 Å². The molecule has 0 aromatic rings. The summed E-state index contributed by atoms with van der Waals surface area (Å²) in [6.07, 6.45) is -0.209. The zero-order chi connectivity index (χ0) is 66.7. The minimum Gasteiger partial charge on any atom is -0.391 e. The van der Waals surface area contributed by atoms with Crippen molar-refractivity contribution in [1.29, 1.82) is 0 Å². The lowest BCUT2D eigenvalue weighted by atomic mass is 9.84. The van der Waals surface area contributed by atoms with Crippen molar-refractivity contribution in [1.82, 2.24) is 5.32 Å². The number of hydrogen-bond acceptors (Lipinski definition) is 23. The summed E-state index contributed by atoms with van der Waals surface area (Å²) in [5.74, 6) is -0.875. The standard InChI is InChI=1S/C62H121NO25P2/c1-3-5-7-9-11-13-15-17-18-19-20-21-22-23-24-25-27-29-31-33-35-37-39-44(65)61(78)63-42(43(64)38-36-34-32-30-28-26-16-14-12-10-8-6-4-2)40-83-89(79,80)88-60-56(76)52(72)51(71)55(75)59(60)86-62-57(77)47(67)46(66)45(85-62)41-84-90(81,82)87-58-53(73)49(69)48(68)50(70)54(58)74/h42-60,62,64-77H,3-41H2,1-2H3,(H,63,78)(H,79,80)(H,81,82)/t42-,43+,44?,45+,46+,47?,48?,49+,50?,51?,52?,53?,54?,55+,56?,57?,58?,59?,60-,62+/m0/s1. The highest BCUT2D eigenvalue weighted by Gasteiger charge is 2.56. The van der Waals surface area contributed by atoms with E-state index in [1.54, 1.807) is 0 Å². The van der Waals surface area contributed by atoms with Crippen LogP contribution in [0.25, 0.3) is 0 Å². The van der Waals surface area contributed by atoms with Gasteiger partial charge in [-0.05, 0) is 12.8 Å². The fourth-order valence-corrected chi connectivity index (χ4v) is 13.9. The van der Waals surface area contributed by atoms with E-state index in [2.05, 4.69) is 19.2 Å². The van der Waals surface area contributed by atoms with Gasteiger partial charge in [0.25, 0.3) is 0 Å². The third-order valence-electron chi connectivity index (χ3n) is 17.9. The SMILES string of the molecule is CCCCCCCCCCCCCCCCCCCCCCCCC(O)C(=O)N[C@@H](COP(=O)(O)O[C@H]1C(O)C(O)C(O)[C@@H](O)C1O[C@H]1O[C@H](COP(=O)(O)OC2C(O)C(O)C(O)[C@@H](O)C2O)[C@@H](O)C(O)C1O)[C@H](O)CCCCCCCCCCCCCCC. The Hall–Kier alpha value is -0.950. The van der Waals surface area contributed by atoms with Gasteiger partial charge in [-0.1, -0.05) is 239 Å². The van der Waals surface area contributed by atoms with Crippen LogP contribution in [-0.2, 0) is 41.5 Å². The number of carbonyl (C=O) groups excluding carboxylic acids is 1. The average molecular weight is 1340 g/mol. The van der Waals surface area contributed by atoms with Gasteiger partial charge >= 0.3 is 15.6 Å². The summed E-state index contributed by atoms with van der Waals surface area (Å²) in [5.41, 5.74) is 0. The molecule has 0 spiro atoms. The Morgan fingerprint density at radius 1 is 0.400 bits per heavy atom. The van der Waals surface area contributed by atoms with Gasteiger partial charge in [-0.3, -0.25) is 22.9 Å². The molecule has 0 bridgehead atoms. The number of aliphatic hydroxyl groups excluding tert-OH is 14. The second kappa shape index (κ2) is 46.3. The van der Waals surface area contributed by atoms with Crippen LogP contribution in [0.15, 0.2) is 0 Å². The molecule has 0 radical (unpaired) electrons. The van der Waals surface area contributed by atoms with Crippen molar-refractivity contribution in [2.75, 3.05) is 13.2 Å². The minimum absolute atomic E-state index is 0.104. The largest absolute Gasteiger partial charge is 0.472 e. The van der Waals surface area contributed by atoms with Crippen molar-refractivity contribution in [3.63, 3.8) is 0 Å². The fraction of sp³-hybridized carbons (Fsp3) is 0.984. The molecule has 0 aromatic carbocycles. The van der Waals surface area contributed by atoms with Gasteiger partial charge in [0.2, 0.25) is 5.91 Å². The van der Waals surface area contributed by atoms with E-state index in [9.17, 15) is 95.2 Å². The van der Waals surface area contributed by atoms with Gasteiger partial charge in [-0.2, -0.15) is 0 Å². The Balaban J connectivity index is 1.56. The quantitative estimate of drug-likeness (QED) is 0.0277. The highest BCUT2D eigenvalue weighted by molar-refractivity contribution is 7.47. The van der Waals surface area contributed by atoms with Gasteiger partial charge in [-0.15, -0.1) is 0 Å². The molecule has 14 unspecified atom stereocenters. The molecule has 1 saturated heterocycles. The first-order valence-electron chi connectivity index (χ1n) is 34.3. The zero-order valence-corrected chi connectivity index (χ0v) is 55.6. The molecule has 28 heteroatoms. The topological polar surface area (TPSA) is 442 Å². The summed E-state index contributed by atoms with van der Waals surface area (Å²) in [7, 11) is -11.1. The molecule has 2 saturated carbocycles. The fourth-order valence-electron chi connectivity index (χ4n) is 12.0. The van der Waals surface area contributed by atoms with Gasteiger partial charge in [0, 0.05) is 0 Å². The molecular weight excluding hydrogens is 1220 g/mol. The average Bonchev–Trinajstić information content (AvgIpc) is 1.00. The number of phosphoric acid groups is 2. The molecule has 3 rings (SSSR count). The summed E-state index contributed by atoms with van der Waals surface area (Å²) < 4.78 is 57.9. The Morgan fingerprint density at radius 2 is 0.711 bits per heavy atom. The molecule has 26 nitrogen and oxygen atoms in total. The zero-order valence-electron chi connectivity index (χ0n) is 53.8. The van der Waals surface area contributed by atoms with Crippen molar-refractivity contribution in [2.24, 2.45) is 0 Å². The van der Waals surface area contributed by atoms with Crippen molar-refractivity contribution in [3.05, 3.63) is 0 Å². The van der Waals surface area contributed by atoms with Gasteiger partial charge in [-0.25, -0.2) is 9.13 Å². The van der Waals surface area contributed by atoms with Crippen LogP contribution in [0.5, 0.6) is 0 Å². The number of rotatable bonds is 52. The van der Waals surface area contributed by atoms with E-state index < -0.39 is 157 Å². The molecule has 22 atom stereocenters. The number of ether oxygens (including phenoxy) is 2. The molecule has 2 aliphatic carbocycles. The highest BCUT2D eigenvalue weighted by Crippen LogP contribution is 2.49. The Labute approximate surface area is 534 Å². The first-order valence-corrected chi connectivity index (χ1v) is 37.3. The van der Waals surface area contributed by atoms with Gasteiger partial charge in [0.15, 0.2) is 6.29 Å². The van der Waals surface area contributed by atoms with Gasteiger partial charge in [0.1, 0.15) is 104 Å². The van der Waals surface area contributed by atoms with Crippen LogP contribution >= 0.6 is 15.6 Å². The van der Waals surface area contributed by atoms with Gasteiger partial charge in [0.05, 0.1) is 25.4 Å². The van der Waals surface area contributed by atoms with Gasteiger partial charge < -0.3 is 96.1 Å². The number of nitrogens with one attached hydrogen (secondary N) is 1. The van der Waals surface area contributed by atoms with E-state index in [0.717, 1.165) is 64.2 Å². The Kier molecular flexibility index (Phi) is 42.8. The van der Waals surface area contributed by atoms with Crippen LogP contribution < -0.4 is 5.32 Å². The summed E-state index contributed by atoms with van der Waals surface area (Å²) in [5, 5.41) is 151. The van der Waals surface area contributed by atoms with Crippen LogP contribution in [0.3, 0.4) is 0 Å². The lowest BCUT2D eigenvalue weighted by molar-refractivity contribution is -0.337. The maximum Gasteiger partial charge on any atom is 0.472 e. The highest BCUT2D eigenvalue weighted by atomic mass is 31.2. The summed E-state index contributed by atoms with van der Waals surface area (Å²) in [6, 6.07) is -1.42. The molecule has 1 aliphatic heterocycles. The first-order chi connectivity index (χ1) is 42.9. The third-order valence-corrected chi connectivity index (χ3v) is 19.9. The normalized spacial score (nSPS) is 31.4. The molecule has 1 amide bonds. The molecule has 3 fully saturated rings. The van der Waals surface area contributed by atoms with Crippen LogP contribution in [0.1, 0.15) is 251 Å². The maximum atomic E-state index is 13.8. The molecule has 0 aromatic heterocycles. The predicted octanol–water partition coefficient (Wildman–Crippen LogP) is 5.14. The predicted molar refractivity (Wildman–Crippen MR) is 333 cm³/mol. The van der Waals surface area contributed by atoms with Crippen molar-refractivity contribution < 1.29 is 123 Å². The smallest absolute Gasteiger partial charge is 0.391 e. The second-order valence-electron chi connectivity index (χ2n) is 25.6. The lowest BCUT2D eigenvalue weighted by Crippen LogP contribution is -2.67. The molecule has 534 valence electrons. The molecule has 90 heavy (non-hydrogen) atoms. The van der Waals surface area contributed by atoms with Crippen LogP contribution in [0, 0.1) is 0 Å². The number of phosphoric ester groups is 2. The number of hydrogen-bond donors (Lipinski definition) is 17. The Morgan fingerprint density at radius 3 is 1.11 bits per heavy atom. The van der Waals surface area contributed by atoms with Crippen LogP contribution in [-0.4, -0.2) is 223 Å². The first kappa shape index (κ1) is 83.3. The van der Waals surface area contributed by atoms with E-state index in [4.69, 9.17) is 27.6 Å². The summed E-state index contributed by atoms with van der Waals surface area (Å²) >= 11 is 0. The third kappa shape index (κ3) is 31.1. The van der Waals surface area contributed by atoms with E-state index in [0.29, 0.717) is 12.8 Å². The monoisotopic (exact) mass is 1340 g/mol. The molecule has 17 N–H and O–H groups in total. The molecule has 3 aliphatic rings. The number of unbranched alkanes of at least 4 members (excludes halogenated alkanes) is 33. The van der Waals surface area contributed by atoms with E-state index in [1.807, 2.05) is 0 Å². The van der Waals surface area contributed by atoms with E-state index in [1.165, 1.54) is 148 Å². The van der Waals surface area contributed by atoms with E-state index in [-0.39, 0.29) is 12.8 Å².